The Kier molecular flexibility index (Phi) is 5.61. The quantitative estimate of drug-likeness (QED) is 0.704. The SMILES string of the molecule is C/C=C/c1ccc(-c2ccc(C3OCC(CC)CO3)c(F)c2F)cc1. The van der Waals surface area contributed by atoms with E-state index >= 15 is 0 Å². The molecule has 0 N–H and O–H groups in total. The minimum Gasteiger partial charge on any atom is -0.348 e. The highest BCUT2D eigenvalue weighted by Gasteiger charge is 2.27. The molecule has 3 rings (SSSR count). The summed E-state index contributed by atoms with van der Waals surface area (Å²) in [6.07, 6.45) is 3.97. The molecule has 25 heavy (non-hydrogen) atoms. The first-order chi connectivity index (χ1) is 12.1. The van der Waals surface area contributed by atoms with Crippen LogP contribution < -0.4 is 0 Å². The van der Waals surface area contributed by atoms with Gasteiger partial charge in [-0.3, -0.25) is 0 Å². The van der Waals surface area contributed by atoms with Gasteiger partial charge in [0.1, 0.15) is 0 Å². The van der Waals surface area contributed by atoms with Gasteiger partial charge in [0, 0.05) is 17.0 Å². The minimum atomic E-state index is -0.907. The fourth-order valence-corrected chi connectivity index (χ4v) is 2.89. The van der Waals surface area contributed by atoms with Crippen molar-refractivity contribution in [3.05, 3.63) is 65.2 Å². The van der Waals surface area contributed by atoms with Crippen LogP contribution in [0, 0.1) is 17.6 Å². The largest absolute Gasteiger partial charge is 0.348 e. The molecule has 1 aliphatic rings. The summed E-state index contributed by atoms with van der Waals surface area (Å²) >= 11 is 0. The number of rotatable bonds is 4. The molecule has 0 aromatic heterocycles. The Labute approximate surface area is 147 Å². The van der Waals surface area contributed by atoms with E-state index in [9.17, 15) is 8.78 Å². The van der Waals surface area contributed by atoms with Crippen molar-refractivity contribution in [2.45, 2.75) is 26.6 Å². The van der Waals surface area contributed by atoms with Crippen LogP contribution in [0.2, 0.25) is 0 Å². The number of hydrogen-bond acceptors (Lipinski definition) is 2. The lowest BCUT2D eigenvalue weighted by molar-refractivity contribution is -0.206. The molecule has 4 heteroatoms. The van der Waals surface area contributed by atoms with E-state index in [1.165, 1.54) is 0 Å². The molecule has 0 radical (unpaired) electrons. The maximum Gasteiger partial charge on any atom is 0.186 e. The monoisotopic (exact) mass is 344 g/mol. The van der Waals surface area contributed by atoms with Crippen LogP contribution >= 0.6 is 0 Å². The minimum absolute atomic E-state index is 0.112. The zero-order valence-electron chi connectivity index (χ0n) is 14.5. The van der Waals surface area contributed by atoms with Crippen molar-refractivity contribution < 1.29 is 18.3 Å². The molecule has 1 heterocycles. The molecule has 1 fully saturated rings. The summed E-state index contributed by atoms with van der Waals surface area (Å²) in [5.41, 5.74) is 1.99. The van der Waals surface area contributed by atoms with Crippen molar-refractivity contribution in [1.29, 1.82) is 0 Å². The van der Waals surface area contributed by atoms with E-state index in [2.05, 4.69) is 0 Å². The summed E-state index contributed by atoms with van der Waals surface area (Å²) in [4.78, 5) is 0. The third-order valence-electron chi connectivity index (χ3n) is 4.49. The number of allylic oxidation sites excluding steroid dienone is 1. The van der Waals surface area contributed by atoms with Crippen LogP contribution in [0.4, 0.5) is 8.78 Å². The Balaban J connectivity index is 1.85. The fourth-order valence-electron chi connectivity index (χ4n) is 2.89. The van der Waals surface area contributed by atoms with Crippen LogP contribution in [0.25, 0.3) is 17.2 Å². The summed E-state index contributed by atoms with van der Waals surface area (Å²) in [6.45, 7) is 4.97. The second-order valence-corrected chi connectivity index (χ2v) is 6.23. The molecule has 2 aromatic carbocycles. The summed E-state index contributed by atoms with van der Waals surface area (Å²) in [5, 5.41) is 0. The molecule has 0 bridgehead atoms. The molecule has 0 aliphatic carbocycles. The van der Waals surface area contributed by atoms with Crippen LogP contribution in [0.3, 0.4) is 0 Å². The maximum atomic E-state index is 14.6. The zero-order valence-corrected chi connectivity index (χ0v) is 14.5. The summed E-state index contributed by atoms with van der Waals surface area (Å²) in [5.74, 6) is -1.48. The second kappa shape index (κ2) is 7.89. The Morgan fingerprint density at radius 1 is 1.00 bits per heavy atom. The molecular formula is C21H22F2O2. The van der Waals surface area contributed by atoms with Gasteiger partial charge in [-0.05, 0) is 24.5 Å². The van der Waals surface area contributed by atoms with E-state index in [0.717, 1.165) is 12.0 Å². The normalized spacial score (nSPS) is 21.0. The van der Waals surface area contributed by atoms with Gasteiger partial charge in [-0.15, -0.1) is 0 Å². The lowest BCUT2D eigenvalue weighted by Crippen LogP contribution is -2.27. The molecule has 0 saturated carbocycles. The summed E-state index contributed by atoms with van der Waals surface area (Å²) < 4.78 is 40.3. The van der Waals surface area contributed by atoms with E-state index in [1.54, 1.807) is 24.3 Å². The molecule has 0 unspecified atom stereocenters. The molecule has 1 saturated heterocycles. The van der Waals surface area contributed by atoms with E-state index in [0.29, 0.717) is 24.7 Å². The lowest BCUT2D eigenvalue weighted by Gasteiger charge is -2.29. The molecule has 132 valence electrons. The van der Waals surface area contributed by atoms with Crippen molar-refractivity contribution in [2.24, 2.45) is 5.92 Å². The predicted octanol–water partition coefficient (Wildman–Crippen LogP) is 5.74. The van der Waals surface area contributed by atoms with Crippen LogP contribution in [0.1, 0.15) is 37.7 Å². The van der Waals surface area contributed by atoms with Crippen molar-refractivity contribution in [3.8, 4) is 11.1 Å². The lowest BCUT2D eigenvalue weighted by atomic mass is 10.0. The van der Waals surface area contributed by atoms with Crippen LogP contribution in [0.15, 0.2) is 42.5 Å². The number of benzene rings is 2. The maximum absolute atomic E-state index is 14.6. The molecular weight excluding hydrogens is 322 g/mol. The number of hydrogen-bond donors (Lipinski definition) is 0. The Morgan fingerprint density at radius 3 is 2.28 bits per heavy atom. The topological polar surface area (TPSA) is 18.5 Å². The molecule has 0 atom stereocenters. The van der Waals surface area contributed by atoms with E-state index in [4.69, 9.17) is 9.47 Å². The number of halogens is 2. The average Bonchev–Trinajstić information content (AvgIpc) is 2.65. The molecule has 0 amide bonds. The Hall–Kier alpha value is -2.04. The van der Waals surface area contributed by atoms with Crippen LogP contribution in [-0.2, 0) is 9.47 Å². The molecule has 1 aliphatic heterocycles. The van der Waals surface area contributed by atoms with Crippen LogP contribution in [0.5, 0.6) is 0 Å². The third kappa shape index (κ3) is 3.80. The van der Waals surface area contributed by atoms with Gasteiger partial charge in [0.2, 0.25) is 0 Å². The summed E-state index contributed by atoms with van der Waals surface area (Å²) in [6, 6.07) is 10.4. The van der Waals surface area contributed by atoms with Crippen molar-refractivity contribution in [3.63, 3.8) is 0 Å². The highest BCUT2D eigenvalue weighted by atomic mass is 19.2. The van der Waals surface area contributed by atoms with Gasteiger partial charge >= 0.3 is 0 Å². The van der Waals surface area contributed by atoms with Crippen LogP contribution in [-0.4, -0.2) is 13.2 Å². The van der Waals surface area contributed by atoms with Crippen molar-refractivity contribution in [2.75, 3.05) is 13.2 Å². The van der Waals surface area contributed by atoms with E-state index < -0.39 is 17.9 Å². The third-order valence-corrected chi connectivity index (χ3v) is 4.49. The van der Waals surface area contributed by atoms with Gasteiger partial charge in [0.25, 0.3) is 0 Å². The second-order valence-electron chi connectivity index (χ2n) is 6.23. The molecule has 2 aromatic rings. The molecule has 2 nitrogen and oxygen atoms in total. The van der Waals surface area contributed by atoms with Gasteiger partial charge in [0.05, 0.1) is 13.2 Å². The first kappa shape index (κ1) is 17.8. The standard InChI is InChI=1S/C21H22F2O2/c1-3-5-15-6-8-16(9-7-15)17-10-11-18(20(23)19(17)22)21-24-12-14(4-2)13-25-21/h3,5-11,14,21H,4,12-13H2,1-2H3/b5-3+. The first-order valence-electron chi connectivity index (χ1n) is 8.58. The van der Waals surface area contributed by atoms with Gasteiger partial charge in [0.15, 0.2) is 17.9 Å². The van der Waals surface area contributed by atoms with Gasteiger partial charge in [-0.1, -0.05) is 55.5 Å². The Bertz CT molecular complexity index is 745. The highest BCUT2D eigenvalue weighted by Crippen LogP contribution is 2.33. The smallest absolute Gasteiger partial charge is 0.186 e. The van der Waals surface area contributed by atoms with Gasteiger partial charge in [-0.2, -0.15) is 0 Å². The highest BCUT2D eigenvalue weighted by molar-refractivity contribution is 5.66. The van der Waals surface area contributed by atoms with E-state index in [-0.39, 0.29) is 11.1 Å². The van der Waals surface area contributed by atoms with Crippen molar-refractivity contribution >= 4 is 6.08 Å². The molecule has 0 spiro atoms. The fraction of sp³-hybridized carbons (Fsp3) is 0.333. The number of ether oxygens (including phenoxy) is 2. The first-order valence-corrected chi connectivity index (χ1v) is 8.58. The van der Waals surface area contributed by atoms with E-state index in [1.807, 2.05) is 38.1 Å². The van der Waals surface area contributed by atoms with Gasteiger partial charge < -0.3 is 9.47 Å². The predicted molar refractivity (Wildman–Crippen MR) is 94.9 cm³/mol. The average molecular weight is 344 g/mol. The van der Waals surface area contributed by atoms with Gasteiger partial charge in [-0.25, -0.2) is 8.78 Å². The Morgan fingerprint density at radius 2 is 1.68 bits per heavy atom. The summed E-state index contributed by atoms with van der Waals surface area (Å²) in [7, 11) is 0. The van der Waals surface area contributed by atoms with Crippen molar-refractivity contribution in [1.82, 2.24) is 0 Å². The zero-order chi connectivity index (χ0) is 17.8.